The van der Waals surface area contributed by atoms with Crippen LogP contribution in [0.5, 0.6) is 0 Å². The third kappa shape index (κ3) is 5.47. The van der Waals surface area contributed by atoms with Crippen LogP contribution in [0.4, 0.5) is 5.69 Å². The van der Waals surface area contributed by atoms with E-state index in [4.69, 9.17) is 11.6 Å². The van der Waals surface area contributed by atoms with Crippen LogP contribution in [-0.2, 0) is 17.9 Å². The highest BCUT2D eigenvalue weighted by atomic mass is 35.5. The van der Waals surface area contributed by atoms with Crippen LogP contribution >= 0.6 is 11.6 Å². The predicted octanol–water partition coefficient (Wildman–Crippen LogP) is 4.23. The van der Waals surface area contributed by atoms with Crippen LogP contribution < -0.4 is 4.90 Å². The fraction of sp³-hybridized carbons (Fsp3) is 0.250. The van der Waals surface area contributed by atoms with E-state index in [9.17, 15) is 14.4 Å². The second kappa shape index (κ2) is 11.2. The molecule has 208 valence electrons. The topological polar surface area (TPSA) is 76.5 Å². The van der Waals surface area contributed by atoms with Crippen molar-refractivity contribution in [1.29, 1.82) is 0 Å². The summed E-state index contributed by atoms with van der Waals surface area (Å²) in [7, 11) is 2.01. The lowest BCUT2D eigenvalue weighted by molar-refractivity contribution is -0.119. The van der Waals surface area contributed by atoms with Gasteiger partial charge in [-0.1, -0.05) is 35.9 Å². The molecule has 3 aliphatic heterocycles. The Morgan fingerprint density at radius 1 is 0.854 bits per heavy atom. The maximum atomic E-state index is 13.7. The molecule has 0 radical (unpaired) electrons. The molecule has 0 bridgehead atoms. The fourth-order valence-electron chi connectivity index (χ4n) is 5.46. The van der Waals surface area contributed by atoms with Gasteiger partial charge in [-0.2, -0.15) is 0 Å². The number of carbonyl (C=O) groups excluding carboxylic acids is 3. The van der Waals surface area contributed by atoms with Gasteiger partial charge >= 0.3 is 0 Å². The smallest absolute Gasteiger partial charge is 0.254 e. The zero-order valence-electron chi connectivity index (χ0n) is 22.8. The highest BCUT2D eigenvalue weighted by Gasteiger charge is 2.30. The summed E-state index contributed by atoms with van der Waals surface area (Å²) in [5.41, 5.74) is 4.56. The molecule has 41 heavy (non-hydrogen) atoms. The Bertz CT molecular complexity index is 1560. The minimum atomic E-state index is -0.234. The highest BCUT2D eigenvalue weighted by Crippen LogP contribution is 2.30. The molecule has 6 rings (SSSR count). The molecule has 3 aromatic rings. The largest absolute Gasteiger partial charge is 0.358 e. The molecule has 9 heteroatoms. The van der Waals surface area contributed by atoms with Gasteiger partial charge in [0.15, 0.2) is 0 Å². The number of rotatable bonds is 5. The molecule has 3 heterocycles. The van der Waals surface area contributed by atoms with Crippen LogP contribution in [0.2, 0.25) is 5.02 Å². The van der Waals surface area contributed by atoms with Crippen LogP contribution in [0.1, 0.15) is 37.4 Å². The van der Waals surface area contributed by atoms with Crippen molar-refractivity contribution in [2.24, 2.45) is 4.99 Å². The minimum absolute atomic E-state index is 0.0126. The van der Waals surface area contributed by atoms with E-state index >= 15 is 0 Å². The lowest BCUT2D eigenvalue weighted by Crippen LogP contribution is -2.39. The first-order valence-corrected chi connectivity index (χ1v) is 14.0. The Balaban J connectivity index is 1.31. The predicted molar refractivity (Wildman–Crippen MR) is 159 cm³/mol. The summed E-state index contributed by atoms with van der Waals surface area (Å²) in [6, 6.07) is 20.1. The van der Waals surface area contributed by atoms with Crippen molar-refractivity contribution in [3.8, 4) is 0 Å². The van der Waals surface area contributed by atoms with E-state index in [1.54, 1.807) is 39.0 Å². The molecule has 0 aliphatic carbocycles. The van der Waals surface area contributed by atoms with Gasteiger partial charge in [0.25, 0.3) is 11.8 Å². The van der Waals surface area contributed by atoms with Crippen molar-refractivity contribution < 1.29 is 14.4 Å². The summed E-state index contributed by atoms with van der Waals surface area (Å²) in [5.74, 6) is 0.473. The van der Waals surface area contributed by atoms with Gasteiger partial charge in [0.05, 0.1) is 13.1 Å². The molecule has 8 nitrogen and oxygen atoms in total. The van der Waals surface area contributed by atoms with E-state index in [0.29, 0.717) is 35.8 Å². The molecule has 0 saturated heterocycles. The lowest BCUT2D eigenvalue weighted by Gasteiger charge is -2.24. The van der Waals surface area contributed by atoms with E-state index < -0.39 is 0 Å². The molecule has 0 fully saturated rings. The molecule has 0 saturated carbocycles. The number of fused-ring (bicyclic) bond motifs is 1. The summed E-state index contributed by atoms with van der Waals surface area (Å²) in [6.07, 6.45) is 3.97. The Kier molecular flexibility index (Phi) is 7.32. The summed E-state index contributed by atoms with van der Waals surface area (Å²) >= 11 is 6.04. The summed E-state index contributed by atoms with van der Waals surface area (Å²) in [6.45, 7) is 3.36. The molecule has 3 amide bonds. The number of hydrogen-bond donors (Lipinski definition) is 0. The average Bonchev–Trinajstić information content (AvgIpc) is 3.65. The zero-order chi connectivity index (χ0) is 28.5. The minimum Gasteiger partial charge on any atom is -0.358 e. The van der Waals surface area contributed by atoms with Crippen molar-refractivity contribution in [3.63, 3.8) is 0 Å². The second-order valence-corrected chi connectivity index (χ2v) is 10.9. The van der Waals surface area contributed by atoms with Crippen LogP contribution in [-0.4, -0.2) is 78.0 Å². The Morgan fingerprint density at radius 2 is 1.51 bits per heavy atom. The number of hydrogen-bond acceptors (Lipinski definition) is 5. The average molecular weight is 568 g/mol. The maximum absolute atomic E-state index is 13.7. The van der Waals surface area contributed by atoms with Crippen molar-refractivity contribution in [2.75, 3.05) is 44.7 Å². The Labute approximate surface area is 244 Å². The van der Waals surface area contributed by atoms with Gasteiger partial charge < -0.3 is 19.6 Å². The monoisotopic (exact) mass is 567 g/mol. The van der Waals surface area contributed by atoms with E-state index in [2.05, 4.69) is 9.89 Å². The van der Waals surface area contributed by atoms with Crippen LogP contribution in [0.3, 0.4) is 0 Å². The zero-order valence-corrected chi connectivity index (χ0v) is 23.6. The molecule has 0 atom stereocenters. The standard InChI is InChI=1S/C32H30ClN5O3/c1-35-17-14-34-30(35)25-10-13-28-26(18-25)20-37(32(41)24-8-11-27(33)12-9-24)21-29(39)38(28)19-22-4-6-23(7-5-22)31(40)36-15-2-3-16-36/h2-13,18H,14-17,19-21H2,1H3. The lowest BCUT2D eigenvalue weighted by atomic mass is 10.0. The molecule has 0 spiro atoms. The van der Waals surface area contributed by atoms with Crippen LogP contribution in [0, 0.1) is 0 Å². The number of anilines is 1. The summed E-state index contributed by atoms with van der Waals surface area (Å²) in [5, 5.41) is 0.543. The molecule has 0 aromatic heterocycles. The van der Waals surface area contributed by atoms with Gasteiger partial charge in [-0.15, -0.1) is 0 Å². The van der Waals surface area contributed by atoms with Crippen molar-refractivity contribution in [1.82, 2.24) is 14.7 Å². The van der Waals surface area contributed by atoms with E-state index in [-0.39, 0.29) is 30.8 Å². The Hall–Kier alpha value is -4.43. The van der Waals surface area contributed by atoms with Crippen LogP contribution in [0.25, 0.3) is 0 Å². The van der Waals surface area contributed by atoms with E-state index in [1.807, 2.05) is 61.7 Å². The third-order valence-electron chi connectivity index (χ3n) is 7.70. The SMILES string of the molecule is CN1CCN=C1c1ccc2c(c1)CN(C(=O)c1ccc(Cl)cc1)CC(=O)N2Cc1ccc(C(=O)N2CC=CC2)cc1. The number of likely N-dealkylation sites (N-methyl/N-ethyl adjacent to an activating group) is 1. The number of carbonyl (C=O) groups is 3. The molecule has 3 aromatic carbocycles. The van der Waals surface area contributed by atoms with Crippen LogP contribution in [0.15, 0.2) is 83.9 Å². The number of benzene rings is 3. The summed E-state index contributed by atoms with van der Waals surface area (Å²) < 4.78 is 0. The maximum Gasteiger partial charge on any atom is 0.254 e. The van der Waals surface area contributed by atoms with Gasteiger partial charge in [0.1, 0.15) is 12.4 Å². The number of nitrogens with zero attached hydrogens (tertiary/aromatic N) is 5. The first-order chi connectivity index (χ1) is 19.9. The molecule has 3 aliphatic rings. The van der Waals surface area contributed by atoms with Gasteiger partial charge in [0.2, 0.25) is 5.91 Å². The van der Waals surface area contributed by atoms with Gasteiger partial charge in [-0.05, 0) is 65.7 Å². The number of amides is 3. The second-order valence-electron chi connectivity index (χ2n) is 10.5. The van der Waals surface area contributed by atoms with E-state index in [0.717, 1.165) is 41.3 Å². The van der Waals surface area contributed by atoms with Gasteiger partial charge in [-0.3, -0.25) is 19.4 Å². The Morgan fingerprint density at radius 3 is 2.17 bits per heavy atom. The van der Waals surface area contributed by atoms with Gasteiger partial charge in [0, 0.05) is 60.6 Å². The molecule has 0 N–H and O–H groups in total. The first kappa shape index (κ1) is 26.8. The van der Waals surface area contributed by atoms with Crippen molar-refractivity contribution in [2.45, 2.75) is 13.1 Å². The quantitative estimate of drug-likeness (QED) is 0.432. The fourth-order valence-corrected chi connectivity index (χ4v) is 5.58. The van der Waals surface area contributed by atoms with Crippen molar-refractivity contribution in [3.05, 3.63) is 112 Å². The normalized spacial score (nSPS) is 16.6. The molecular formula is C32H30ClN5O3. The number of amidine groups is 1. The van der Waals surface area contributed by atoms with Gasteiger partial charge in [-0.25, -0.2) is 0 Å². The highest BCUT2D eigenvalue weighted by molar-refractivity contribution is 6.30. The number of aliphatic imine (C=N–C) groups is 1. The first-order valence-electron chi connectivity index (χ1n) is 13.6. The summed E-state index contributed by atoms with van der Waals surface area (Å²) in [4.78, 5) is 51.9. The van der Waals surface area contributed by atoms with E-state index in [1.165, 1.54) is 0 Å². The molecule has 0 unspecified atom stereocenters. The third-order valence-corrected chi connectivity index (χ3v) is 7.95. The van der Waals surface area contributed by atoms with Crippen molar-refractivity contribution >= 4 is 40.8 Å². The molecular weight excluding hydrogens is 538 g/mol. The number of halogens is 1.